The van der Waals surface area contributed by atoms with Crippen LogP contribution in [0.5, 0.6) is 0 Å². The van der Waals surface area contributed by atoms with Gasteiger partial charge in [0.25, 0.3) is 5.79 Å². The van der Waals surface area contributed by atoms with Crippen molar-refractivity contribution < 1.29 is 28.5 Å². The molecule has 3 aliphatic rings. The molecule has 7 nitrogen and oxygen atoms in total. The Hall–Kier alpha value is -1.20. The molecule has 3 fully saturated rings. The Labute approximate surface area is 103 Å². The molecular formula is C11H13NO6. The predicted molar refractivity (Wildman–Crippen MR) is 53.9 cm³/mol. The number of nitrogens with zero attached hydrogens (tertiary/aromatic N) is 1. The topological polar surface area (TPSA) is 87.0 Å². The van der Waals surface area contributed by atoms with Crippen molar-refractivity contribution >= 4 is 5.97 Å². The second kappa shape index (κ2) is 3.90. The van der Waals surface area contributed by atoms with Gasteiger partial charge in [0.1, 0.15) is 24.4 Å². The lowest BCUT2D eigenvalue weighted by Crippen LogP contribution is -2.53. The molecule has 0 saturated carbocycles. The van der Waals surface area contributed by atoms with Crippen LogP contribution in [0.2, 0.25) is 0 Å². The predicted octanol–water partition coefficient (Wildman–Crippen LogP) is -0.303. The van der Waals surface area contributed by atoms with Crippen molar-refractivity contribution in [1.29, 1.82) is 5.26 Å². The number of hydrogen-bond donors (Lipinski definition) is 0. The Morgan fingerprint density at radius 3 is 2.89 bits per heavy atom. The molecule has 3 rings (SSSR count). The Kier molecular flexibility index (Phi) is 2.57. The smallest absolute Gasteiger partial charge is 0.303 e. The number of rotatable bonds is 1. The molecule has 2 bridgehead atoms. The minimum absolute atomic E-state index is 0.325. The van der Waals surface area contributed by atoms with E-state index in [9.17, 15) is 4.79 Å². The van der Waals surface area contributed by atoms with Crippen LogP contribution in [0.25, 0.3) is 0 Å². The summed E-state index contributed by atoms with van der Waals surface area (Å²) in [6.07, 6.45) is -2.54. The van der Waals surface area contributed by atoms with Gasteiger partial charge in [-0.25, -0.2) is 0 Å². The Bertz CT molecular complexity index is 420. The average Bonchev–Trinajstić information content (AvgIpc) is 2.78. The summed E-state index contributed by atoms with van der Waals surface area (Å²) in [5.41, 5.74) is 0. The van der Waals surface area contributed by atoms with Crippen molar-refractivity contribution in [3.63, 3.8) is 0 Å². The largest absolute Gasteiger partial charge is 0.457 e. The molecule has 1 unspecified atom stereocenters. The van der Waals surface area contributed by atoms with Crippen LogP contribution >= 0.6 is 0 Å². The van der Waals surface area contributed by atoms with E-state index in [0.717, 1.165) is 0 Å². The highest BCUT2D eigenvalue weighted by atomic mass is 16.8. The molecule has 0 aromatic carbocycles. The summed E-state index contributed by atoms with van der Waals surface area (Å²) in [7, 11) is 0. The van der Waals surface area contributed by atoms with Gasteiger partial charge in [-0.15, -0.1) is 0 Å². The van der Waals surface area contributed by atoms with Crippen molar-refractivity contribution in [2.45, 2.75) is 50.3 Å². The van der Waals surface area contributed by atoms with Gasteiger partial charge in [-0.05, 0) is 0 Å². The van der Waals surface area contributed by atoms with Crippen LogP contribution in [0.4, 0.5) is 0 Å². The lowest BCUT2D eigenvalue weighted by molar-refractivity contribution is -0.219. The Morgan fingerprint density at radius 1 is 1.44 bits per heavy atom. The van der Waals surface area contributed by atoms with Crippen molar-refractivity contribution in [2.24, 2.45) is 0 Å². The summed E-state index contributed by atoms with van der Waals surface area (Å²) in [4.78, 5) is 11.0. The number of hydrogen-bond acceptors (Lipinski definition) is 7. The lowest BCUT2D eigenvalue weighted by Gasteiger charge is -2.33. The van der Waals surface area contributed by atoms with Gasteiger partial charge in [0.15, 0.2) is 12.4 Å². The zero-order valence-corrected chi connectivity index (χ0v) is 9.99. The maximum Gasteiger partial charge on any atom is 0.303 e. The highest BCUT2D eigenvalue weighted by Gasteiger charge is 2.60. The summed E-state index contributed by atoms with van der Waals surface area (Å²) < 4.78 is 27.2. The zero-order chi connectivity index (χ0) is 12.9. The number of carbonyl (C=O) groups excluding carboxylic acids is 1. The van der Waals surface area contributed by atoms with Crippen LogP contribution in [0.3, 0.4) is 0 Å². The molecule has 7 heteroatoms. The number of ether oxygens (including phenoxy) is 5. The monoisotopic (exact) mass is 255 g/mol. The lowest BCUT2D eigenvalue weighted by atomic mass is 10.0. The van der Waals surface area contributed by atoms with Crippen molar-refractivity contribution in [1.82, 2.24) is 0 Å². The molecule has 0 amide bonds. The van der Waals surface area contributed by atoms with Crippen LogP contribution < -0.4 is 0 Å². The van der Waals surface area contributed by atoms with E-state index in [1.165, 1.54) is 13.8 Å². The van der Waals surface area contributed by atoms with Gasteiger partial charge in [-0.1, -0.05) is 0 Å². The fraction of sp³-hybridized carbons (Fsp3) is 0.818. The molecule has 3 aliphatic heterocycles. The molecule has 6 atom stereocenters. The number of nitriles is 1. The van der Waals surface area contributed by atoms with E-state index in [2.05, 4.69) is 0 Å². The molecular weight excluding hydrogens is 242 g/mol. The van der Waals surface area contributed by atoms with Crippen LogP contribution in [-0.4, -0.2) is 49.1 Å². The number of fused-ring (bicyclic) bond motifs is 4. The van der Waals surface area contributed by atoms with Gasteiger partial charge in [0, 0.05) is 13.8 Å². The second-order valence-electron chi connectivity index (χ2n) is 4.67. The fourth-order valence-electron chi connectivity index (χ4n) is 2.52. The van der Waals surface area contributed by atoms with Gasteiger partial charge >= 0.3 is 5.97 Å². The highest BCUT2D eigenvalue weighted by molar-refractivity contribution is 5.66. The van der Waals surface area contributed by atoms with Crippen molar-refractivity contribution in [3.05, 3.63) is 0 Å². The summed E-state index contributed by atoms with van der Waals surface area (Å²) in [6, 6.07) is 1.92. The van der Waals surface area contributed by atoms with E-state index in [0.29, 0.717) is 6.61 Å². The maximum atomic E-state index is 11.0. The minimum Gasteiger partial charge on any atom is -0.457 e. The average molecular weight is 255 g/mol. The molecule has 98 valence electrons. The van der Waals surface area contributed by atoms with Crippen LogP contribution in [0.1, 0.15) is 13.8 Å². The zero-order valence-electron chi connectivity index (χ0n) is 9.99. The van der Waals surface area contributed by atoms with Gasteiger partial charge < -0.3 is 23.7 Å². The molecule has 0 spiro atoms. The van der Waals surface area contributed by atoms with Gasteiger partial charge in [-0.2, -0.15) is 5.26 Å². The maximum absolute atomic E-state index is 11.0. The van der Waals surface area contributed by atoms with E-state index in [-0.39, 0.29) is 6.10 Å². The van der Waals surface area contributed by atoms with E-state index < -0.39 is 36.4 Å². The van der Waals surface area contributed by atoms with Crippen molar-refractivity contribution in [3.8, 4) is 6.07 Å². The number of esters is 1. The first-order valence-corrected chi connectivity index (χ1v) is 5.73. The summed E-state index contributed by atoms with van der Waals surface area (Å²) in [5, 5.41) is 8.97. The third-order valence-corrected chi connectivity index (χ3v) is 3.25. The molecule has 0 aromatic heterocycles. The number of carbonyl (C=O) groups is 1. The minimum atomic E-state index is -1.34. The third kappa shape index (κ3) is 1.69. The van der Waals surface area contributed by atoms with E-state index in [1.807, 2.05) is 6.07 Å². The van der Waals surface area contributed by atoms with Gasteiger partial charge in [-0.3, -0.25) is 4.79 Å². The second-order valence-corrected chi connectivity index (χ2v) is 4.67. The molecule has 18 heavy (non-hydrogen) atoms. The quantitative estimate of drug-likeness (QED) is 0.594. The van der Waals surface area contributed by atoms with E-state index in [4.69, 9.17) is 28.9 Å². The first kappa shape index (κ1) is 11.9. The van der Waals surface area contributed by atoms with Crippen LogP contribution in [0, 0.1) is 11.3 Å². The molecule has 0 aliphatic carbocycles. The molecule has 3 saturated heterocycles. The summed E-state index contributed by atoms with van der Waals surface area (Å²) in [6.45, 7) is 3.17. The van der Waals surface area contributed by atoms with E-state index in [1.54, 1.807) is 0 Å². The third-order valence-electron chi connectivity index (χ3n) is 3.25. The highest BCUT2D eigenvalue weighted by Crippen LogP contribution is 2.41. The van der Waals surface area contributed by atoms with E-state index >= 15 is 0 Å². The normalized spacial score (nSPS) is 49.5. The summed E-state index contributed by atoms with van der Waals surface area (Å²) >= 11 is 0. The van der Waals surface area contributed by atoms with Crippen molar-refractivity contribution in [2.75, 3.05) is 6.61 Å². The molecule has 0 radical (unpaired) electrons. The first-order valence-electron chi connectivity index (χ1n) is 5.73. The summed E-state index contributed by atoms with van der Waals surface area (Å²) in [5.74, 6) is -1.74. The standard InChI is InChI=1S/C11H13NO6/c1-5(13)15-7-6-3-14-8(7)9-10(16-6)18-11(2,4-12)17-9/h6-10H,3H2,1-2H3/t6-,7+,8+,9-,10-,11?/m1/s1. The van der Waals surface area contributed by atoms with Gasteiger partial charge in [0.2, 0.25) is 0 Å². The Morgan fingerprint density at radius 2 is 2.22 bits per heavy atom. The van der Waals surface area contributed by atoms with Gasteiger partial charge in [0.05, 0.1) is 6.61 Å². The molecule has 0 aromatic rings. The SMILES string of the molecule is CC(=O)O[C@@H]1[C@@H]2OC[C@H]1O[C@@H]1OC(C)(C#N)O[C@@H]12. The van der Waals surface area contributed by atoms with Crippen LogP contribution in [0.15, 0.2) is 0 Å². The van der Waals surface area contributed by atoms with Crippen LogP contribution in [-0.2, 0) is 28.5 Å². The molecule has 3 heterocycles. The fourth-order valence-corrected chi connectivity index (χ4v) is 2.52. The first-order chi connectivity index (χ1) is 8.52. The molecule has 0 N–H and O–H groups in total. The Balaban J connectivity index is 1.81.